The Morgan fingerprint density at radius 3 is 2.56 bits per heavy atom. The number of benzene rings is 2. The van der Waals surface area contributed by atoms with Crippen molar-refractivity contribution in [1.29, 1.82) is 0 Å². The summed E-state index contributed by atoms with van der Waals surface area (Å²) in [5.74, 6) is -1.38. The summed E-state index contributed by atoms with van der Waals surface area (Å²) in [6, 6.07) is 10.7. The van der Waals surface area contributed by atoms with Gasteiger partial charge in [0.2, 0.25) is 0 Å². The van der Waals surface area contributed by atoms with Crippen molar-refractivity contribution < 1.29 is 14.3 Å². The number of anilines is 2. The van der Waals surface area contributed by atoms with Gasteiger partial charge in [0.15, 0.2) is 0 Å². The van der Waals surface area contributed by atoms with Crippen LogP contribution < -0.4 is 5.32 Å². The normalized spacial score (nSPS) is 10.1. The number of carboxylic acids is 1. The van der Waals surface area contributed by atoms with Gasteiger partial charge in [-0.15, -0.1) is 0 Å². The number of rotatable bonds is 3. The number of nitrogens with one attached hydrogen (secondary N) is 1. The molecule has 0 fully saturated rings. The van der Waals surface area contributed by atoms with Gasteiger partial charge in [-0.3, -0.25) is 0 Å². The van der Waals surface area contributed by atoms with Crippen molar-refractivity contribution in [2.45, 2.75) is 0 Å². The van der Waals surface area contributed by atoms with E-state index in [2.05, 4.69) is 21.2 Å². The molecule has 92 valence electrons. The fraction of sp³-hybridized carbons (Fsp3) is 0. The lowest BCUT2D eigenvalue weighted by molar-refractivity contribution is 0.0698. The highest BCUT2D eigenvalue weighted by molar-refractivity contribution is 9.10. The van der Waals surface area contributed by atoms with Crippen LogP contribution in [0.5, 0.6) is 0 Å². The summed E-state index contributed by atoms with van der Waals surface area (Å²) < 4.78 is 13.5. The van der Waals surface area contributed by atoms with Crippen LogP contribution in [0, 0.1) is 5.82 Å². The van der Waals surface area contributed by atoms with Gasteiger partial charge in [-0.05, 0) is 46.3 Å². The highest BCUT2D eigenvalue weighted by atomic mass is 79.9. The second kappa shape index (κ2) is 5.18. The van der Waals surface area contributed by atoms with Gasteiger partial charge < -0.3 is 10.4 Å². The van der Waals surface area contributed by atoms with Crippen molar-refractivity contribution in [1.82, 2.24) is 0 Å². The molecule has 18 heavy (non-hydrogen) atoms. The van der Waals surface area contributed by atoms with E-state index in [-0.39, 0.29) is 11.4 Å². The standard InChI is InChI=1S/C13H9BrFNO2/c14-10-7-8(15)5-6-12(10)16-11-4-2-1-3-9(11)13(17)18/h1-7,16H,(H,17,18). The summed E-state index contributed by atoms with van der Waals surface area (Å²) >= 11 is 3.22. The molecule has 0 saturated heterocycles. The molecule has 0 bridgehead atoms. The Kier molecular flexibility index (Phi) is 3.62. The van der Waals surface area contributed by atoms with Crippen molar-refractivity contribution in [3.8, 4) is 0 Å². The lowest BCUT2D eigenvalue weighted by Gasteiger charge is -2.11. The first-order valence-corrected chi connectivity index (χ1v) is 5.91. The number of halogens is 2. The molecule has 2 N–H and O–H groups in total. The molecule has 0 saturated carbocycles. The van der Waals surface area contributed by atoms with E-state index in [0.717, 1.165) is 0 Å². The van der Waals surface area contributed by atoms with E-state index < -0.39 is 5.97 Å². The van der Waals surface area contributed by atoms with Gasteiger partial charge in [0.05, 0.1) is 16.9 Å². The van der Waals surface area contributed by atoms with E-state index in [1.54, 1.807) is 18.2 Å². The maximum absolute atomic E-state index is 12.9. The van der Waals surface area contributed by atoms with Crippen LogP contribution in [0.25, 0.3) is 0 Å². The highest BCUT2D eigenvalue weighted by Gasteiger charge is 2.10. The molecular weight excluding hydrogens is 301 g/mol. The van der Waals surface area contributed by atoms with E-state index in [0.29, 0.717) is 15.8 Å². The first-order chi connectivity index (χ1) is 8.58. The van der Waals surface area contributed by atoms with E-state index in [4.69, 9.17) is 5.11 Å². The molecule has 2 rings (SSSR count). The van der Waals surface area contributed by atoms with Crippen molar-refractivity contribution in [3.63, 3.8) is 0 Å². The number of hydrogen-bond donors (Lipinski definition) is 2. The molecule has 0 aromatic heterocycles. The number of para-hydroxylation sites is 1. The smallest absolute Gasteiger partial charge is 0.337 e. The first-order valence-electron chi connectivity index (χ1n) is 5.12. The van der Waals surface area contributed by atoms with Crippen LogP contribution in [0.1, 0.15) is 10.4 Å². The summed E-state index contributed by atoms with van der Waals surface area (Å²) in [6.45, 7) is 0. The van der Waals surface area contributed by atoms with Crippen molar-refractivity contribution >= 4 is 33.3 Å². The summed E-state index contributed by atoms with van der Waals surface area (Å²) in [5, 5.41) is 12.0. The largest absolute Gasteiger partial charge is 0.478 e. The van der Waals surface area contributed by atoms with Gasteiger partial charge in [-0.25, -0.2) is 9.18 Å². The van der Waals surface area contributed by atoms with Crippen molar-refractivity contribution in [2.75, 3.05) is 5.32 Å². The average molecular weight is 310 g/mol. The molecule has 0 radical (unpaired) electrons. The Balaban J connectivity index is 2.37. The van der Waals surface area contributed by atoms with E-state index >= 15 is 0 Å². The Bertz CT molecular complexity index is 601. The summed E-state index contributed by atoms with van der Waals surface area (Å²) in [4.78, 5) is 11.0. The fourth-order valence-corrected chi connectivity index (χ4v) is 1.96. The molecule has 0 heterocycles. The third-order valence-corrected chi connectivity index (χ3v) is 3.01. The van der Waals surface area contributed by atoms with Crippen LogP contribution >= 0.6 is 15.9 Å². The molecule has 0 aliphatic carbocycles. The van der Waals surface area contributed by atoms with Crippen LogP contribution in [-0.2, 0) is 0 Å². The third-order valence-electron chi connectivity index (χ3n) is 2.36. The van der Waals surface area contributed by atoms with E-state index in [1.807, 2.05) is 0 Å². The van der Waals surface area contributed by atoms with Gasteiger partial charge in [-0.2, -0.15) is 0 Å². The van der Waals surface area contributed by atoms with Crippen molar-refractivity contribution in [3.05, 3.63) is 58.3 Å². The number of carboxylic acid groups (broad SMARTS) is 1. The molecule has 0 aliphatic heterocycles. The van der Waals surface area contributed by atoms with E-state index in [9.17, 15) is 9.18 Å². The lowest BCUT2D eigenvalue weighted by Crippen LogP contribution is -2.02. The summed E-state index contributed by atoms with van der Waals surface area (Å²) in [7, 11) is 0. The number of hydrogen-bond acceptors (Lipinski definition) is 2. The number of carbonyl (C=O) groups is 1. The molecule has 0 unspecified atom stereocenters. The maximum Gasteiger partial charge on any atom is 0.337 e. The Morgan fingerprint density at radius 1 is 1.17 bits per heavy atom. The van der Waals surface area contributed by atoms with Gasteiger partial charge >= 0.3 is 5.97 Å². The maximum atomic E-state index is 12.9. The molecule has 2 aromatic rings. The Labute approximate surface area is 111 Å². The predicted molar refractivity (Wildman–Crippen MR) is 70.8 cm³/mol. The summed E-state index contributed by atoms with van der Waals surface area (Å²) in [6.07, 6.45) is 0. The Morgan fingerprint density at radius 2 is 1.89 bits per heavy atom. The quantitative estimate of drug-likeness (QED) is 0.900. The van der Waals surface area contributed by atoms with Crippen LogP contribution in [-0.4, -0.2) is 11.1 Å². The molecule has 0 amide bonds. The molecular formula is C13H9BrFNO2. The fourth-order valence-electron chi connectivity index (χ4n) is 1.51. The van der Waals surface area contributed by atoms with Gasteiger partial charge in [0.1, 0.15) is 5.82 Å². The average Bonchev–Trinajstić information content (AvgIpc) is 2.33. The SMILES string of the molecule is O=C(O)c1ccccc1Nc1ccc(F)cc1Br. The molecule has 0 aliphatic rings. The van der Waals surface area contributed by atoms with Gasteiger partial charge in [0, 0.05) is 4.47 Å². The molecule has 5 heteroatoms. The topological polar surface area (TPSA) is 49.3 Å². The third kappa shape index (κ3) is 2.68. The first kappa shape index (κ1) is 12.6. The minimum Gasteiger partial charge on any atom is -0.478 e. The van der Waals surface area contributed by atoms with Crippen molar-refractivity contribution in [2.24, 2.45) is 0 Å². The number of aromatic carboxylic acids is 1. The molecule has 0 atom stereocenters. The minimum atomic E-state index is -1.02. The highest BCUT2D eigenvalue weighted by Crippen LogP contribution is 2.28. The second-order valence-corrected chi connectivity index (χ2v) is 4.45. The zero-order valence-corrected chi connectivity index (χ0v) is 10.7. The molecule has 3 nitrogen and oxygen atoms in total. The summed E-state index contributed by atoms with van der Waals surface area (Å²) in [5.41, 5.74) is 1.22. The molecule has 0 spiro atoms. The van der Waals surface area contributed by atoms with Crippen LogP contribution in [0.4, 0.5) is 15.8 Å². The van der Waals surface area contributed by atoms with E-state index in [1.165, 1.54) is 24.3 Å². The lowest BCUT2D eigenvalue weighted by atomic mass is 10.1. The molecule has 2 aromatic carbocycles. The predicted octanol–water partition coefficient (Wildman–Crippen LogP) is 4.03. The van der Waals surface area contributed by atoms with Gasteiger partial charge in [-0.1, -0.05) is 12.1 Å². The second-order valence-electron chi connectivity index (χ2n) is 3.60. The van der Waals surface area contributed by atoms with Crippen LogP contribution in [0.15, 0.2) is 46.9 Å². The zero-order valence-electron chi connectivity index (χ0n) is 9.15. The van der Waals surface area contributed by atoms with Gasteiger partial charge in [0.25, 0.3) is 0 Å². The van der Waals surface area contributed by atoms with Crippen LogP contribution in [0.2, 0.25) is 0 Å². The Hall–Kier alpha value is -1.88. The van der Waals surface area contributed by atoms with Crippen LogP contribution in [0.3, 0.4) is 0 Å². The minimum absolute atomic E-state index is 0.161. The zero-order chi connectivity index (χ0) is 13.1. The monoisotopic (exact) mass is 309 g/mol.